The minimum Gasteiger partial charge on any atom is -0.496 e. The number of hydrogen-bond acceptors (Lipinski definition) is 3. The van der Waals surface area contributed by atoms with Crippen LogP contribution < -0.4 is 14.4 Å². The number of nitrogens with zero attached hydrogens (tertiary/aromatic N) is 1. The van der Waals surface area contributed by atoms with Crippen molar-refractivity contribution in [1.29, 1.82) is 0 Å². The van der Waals surface area contributed by atoms with E-state index in [1.165, 1.54) is 0 Å². The molecule has 0 radical (unpaired) electrons. The van der Waals surface area contributed by atoms with Gasteiger partial charge in [-0.15, -0.1) is 0 Å². The van der Waals surface area contributed by atoms with Crippen LogP contribution in [0, 0.1) is 7.14 Å². The summed E-state index contributed by atoms with van der Waals surface area (Å²) in [5.41, 5.74) is 2.22. The van der Waals surface area contributed by atoms with Crippen LogP contribution in [0.15, 0.2) is 36.4 Å². The fraction of sp³-hybridized carbons (Fsp3) is 0.200. The van der Waals surface area contributed by atoms with Gasteiger partial charge in [-0.3, -0.25) is 0 Å². The predicted molar refractivity (Wildman–Crippen MR) is 99.5 cm³/mol. The van der Waals surface area contributed by atoms with Gasteiger partial charge >= 0.3 is 0 Å². The molecule has 0 aromatic heterocycles. The summed E-state index contributed by atoms with van der Waals surface area (Å²) in [5, 5.41) is 0. The van der Waals surface area contributed by atoms with Gasteiger partial charge in [-0.25, -0.2) is 0 Å². The van der Waals surface area contributed by atoms with Gasteiger partial charge in [-0.2, -0.15) is 0 Å². The second-order valence-corrected chi connectivity index (χ2v) is 6.30. The Balaban J connectivity index is 2.49. The van der Waals surface area contributed by atoms with Crippen molar-refractivity contribution in [3.63, 3.8) is 0 Å². The standard InChI is InChI=1S/C15H15I2NO2/c1-18(10-6-4-8-12(19-2)14(10)16)11-7-5-9-13(20-3)15(11)17/h4-9H,1-3H3. The van der Waals surface area contributed by atoms with Crippen LogP contribution in [0.2, 0.25) is 0 Å². The quantitative estimate of drug-likeness (QED) is 0.576. The Labute approximate surface area is 146 Å². The zero-order valence-corrected chi connectivity index (χ0v) is 15.8. The topological polar surface area (TPSA) is 21.7 Å². The smallest absolute Gasteiger partial charge is 0.134 e. The zero-order chi connectivity index (χ0) is 14.7. The number of rotatable bonds is 4. The van der Waals surface area contributed by atoms with Gasteiger partial charge in [0.1, 0.15) is 11.5 Å². The van der Waals surface area contributed by atoms with Crippen LogP contribution >= 0.6 is 45.2 Å². The summed E-state index contributed by atoms with van der Waals surface area (Å²) in [7, 11) is 5.43. The van der Waals surface area contributed by atoms with E-state index in [1.807, 2.05) is 31.3 Å². The third-order valence-electron chi connectivity index (χ3n) is 3.05. The summed E-state index contributed by atoms with van der Waals surface area (Å²) in [6, 6.07) is 12.1. The Morgan fingerprint density at radius 1 is 0.800 bits per heavy atom. The van der Waals surface area contributed by atoms with Crippen LogP contribution in [0.4, 0.5) is 11.4 Å². The summed E-state index contributed by atoms with van der Waals surface area (Å²) in [5.74, 6) is 1.76. The van der Waals surface area contributed by atoms with E-state index in [0.29, 0.717) is 0 Å². The van der Waals surface area contributed by atoms with Gasteiger partial charge in [0, 0.05) is 7.05 Å². The molecule has 20 heavy (non-hydrogen) atoms. The molecule has 0 aliphatic rings. The van der Waals surface area contributed by atoms with Crippen molar-refractivity contribution in [2.75, 3.05) is 26.2 Å². The van der Waals surface area contributed by atoms with Crippen LogP contribution in [0.1, 0.15) is 0 Å². The fourth-order valence-corrected chi connectivity index (χ4v) is 3.84. The largest absolute Gasteiger partial charge is 0.496 e. The van der Waals surface area contributed by atoms with E-state index >= 15 is 0 Å². The molecule has 0 aliphatic carbocycles. The maximum Gasteiger partial charge on any atom is 0.134 e. The molecule has 0 fully saturated rings. The van der Waals surface area contributed by atoms with Gasteiger partial charge in [-0.05, 0) is 69.4 Å². The second-order valence-electron chi connectivity index (χ2n) is 4.15. The van der Waals surface area contributed by atoms with Crippen LogP contribution in [0.25, 0.3) is 0 Å². The van der Waals surface area contributed by atoms with Crippen LogP contribution in [-0.2, 0) is 0 Å². The molecule has 0 bridgehead atoms. The van der Waals surface area contributed by atoms with E-state index in [0.717, 1.165) is 30.0 Å². The first-order valence-corrected chi connectivity index (χ1v) is 8.14. The normalized spacial score (nSPS) is 10.2. The first-order valence-electron chi connectivity index (χ1n) is 5.99. The molecule has 2 aromatic carbocycles. The molecular formula is C15H15I2NO2. The van der Waals surface area contributed by atoms with Crippen molar-refractivity contribution in [1.82, 2.24) is 0 Å². The van der Waals surface area contributed by atoms with Crippen LogP contribution in [0.5, 0.6) is 11.5 Å². The zero-order valence-electron chi connectivity index (χ0n) is 11.5. The first kappa shape index (κ1) is 15.7. The monoisotopic (exact) mass is 495 g/mol. The van der Waals surface area contributed by atoms with Gasteiger partial charge in [0.15, 0.2) is 0 Å². The summed E-state index contributed by atoms with van der Waals surface area (Å²) < 4.78 is 13.0. The summed E-state index contributed by atoms with van der Waals surface area (Å²) in [4.78, 5) is 2.15. The number of benzene rings is 2. The minimum atomic E-state index is 0.882. The number of methoxy groups -OCH3 is 2. The molecule has 0 atom stereocenters. The highest BCUT2D eigenvalue weighted by atomic mass is 127. The Morgan fingerprint density at radius 2 is 1.20 bits per heavy atom. The average Bonchev–Trinajstić information content (AvgIpc) is 2.47. The van der Waals surface area contributed by atoms with Crippen molar-refractivity contribution in [2.45, 2.75) is 0 Å². The molecule has 106 valence electrons. The lowest BCUT2D eigenvalue weighted by molar-refractivity contribution is 0.411. The summed E-state index contributed by atoms with van der Waals surface area (Å²) in [6.45, 7) is 0. The van der Waals surface area contributed by atoms with Gasteiger partial charge in [-0.1, -0.05) is 12.1 Å². The number of halogens is 2. The van der Waals surface area contributed by atoms with Gasteiger partial charge in [0.25, 0.3) is 0 Å². The molecule has 5 heteroatoms. The predicted octanol–water partition coefficient (Wildman–Crippen LogP) is 4.68. The van der Waals surface area contributed by atoms with E-state index < -0.39 is 0 Å². The number of ether oxygens (including phenoxy) is 2. The van der Waals surface area contributed by atoms with E-state index in [4.69, 9.17) is 9.47 Å². The number of hydrogen-bond donors (Lipinski definition) is 0. The molecule has 0 N–H and O–H groups in total. The van der Waals surface area contributed by atoms with Crippen molar-refractivity contribution in [3.8, 4) is 11.5 Å². The number of anilines is 2. The highest BCUT2D eigenvalue weighted by molar-refractivity contribution is 14.1. The van der Waals surface area contributed by atoms with Crippen molar-refractivity contribution in [2.24, 2.45) is 0 Å². The molecule has 0 unspecified atom stereocenters. The fourth-order valence-electron chi connectivity index (χ4n) is 1.96. The maximum absolute atomic E-state index is 5.39. The molecule has 0 saturated heterocycles. The molecule has 0 spiro atoms. The van der Waals surface area contributed by atoms with E-state index in [2.05, 4.69) is 62.2 Å². The summed E-state index contributed by atoms with van der Waals surface area (Å²) >= 11 is 4.62. The van der Waals surface area contributed by atoms with Crippen LogP contribution in [-0.4, -0.2) is 21.3 Å². The Kier molecular flexibility index (Phi) is 5.36. The molecule has 2 aromatic rings. The third-order valence-corrected chi connectivity index (χ3v) is 5.22. The van der Waals surface area contributed by atoms with Crippen molar-refractivity contribution in [3.05, 3.63) is 43.5 Å². The average molecular weight is 495 g/mol. The van der Waals surface area contributed by atoms with Gasteiger partial charge < -0.3 is 14.4 Å². The SMILES string of the molecule is COc1cccc(N(C)c2cccc(OC)c2I)c1I. The van der Waals surface area contributed by atoms with Gasteiger partial charge in [0.2, 0.25) is 0 Å². The molecule has 0 heterocycles. The van der Waals surface area contributed by atoms with Gasteiger partial charge in [0.05, 0.1) is 32.7 Å². The summed E-state index contributed by atoms with van der Waals surface area (Å²) in [6.07, 6.45) is 0. The Morgan fingerprint density at radius 3 is 1.55 bits per heavy atom. The molecule has 2 rings (SSSR count). The van der Waals surface area contributed by atoms with E-state index in [9.17, 15) is 0 Å². The lowest BCUT2D eigenvalue weighted by Gasteiger charge is -2.24. The van der Waals surface area contributed by atoms with Crippen LogP contribution in [0.3, 0.4) is 0 Å². The highest BCUT2D eigenvalue weighted by Crippen LogP contribution is 2.37. The minimum absolute atomic E-state index is 0.882. The van der Waals surface area contributed by atoms with E-state index in [1.54, 1.807) is 14.2 Å². The maximum atomic E-state index is 5.39. The molecule has 3 nitrogen and oxygen atoms in total. The van der Waals surface area contributed by atoms with E-state index in [-0.39, 0.29) is 0 Å². The lowest BCUT2D eigenvalue weighted by atomic mass is 10.2. The first-order chi connectivity index (χ1) is 9.60. The highest BCUT2D eigenvalue weighted by Gasteiger charge is 2.15. The lowest BCUT2D eigenvalue weighted by Crippen LogP contribution is -2.13. The van der Waals surface area contributed by atoms with Crippen molar-refractivity contribution >= 4 is 56.6 Å². The van der Waals surface area contributed by atoms with Crippen molar-refractivity contribution < 1.29 is 9.47 Å². The Hall–Kier alpha value is -0.700. The molecule has 0 saturated carbocycles. The second kappa shape index (κ2) is 6.84. The molecular weight excluding hydrogens is 480 g/mol. The third kappa shape index (κ3) is 2.98. The Bertz CT molecular complexity index is 563. The molecule has 0 aliphatic heterocycles. The molecule has 0 amide bonds.